The summed E-state index contributed by atoms with van der Waals surface area (Å²) in [5.41, 5.74) is 7.31. The van der Waals surface area contributed by atoms with E-state index < -0.39 is 0 Å². The Kier molecular flexibility index (Phi) is 3.65. The van der Waals surface area contributed by atoms with Gasteiger partial charge >= 0.3 is 0 Å². The molecule has 0 heterocycles. The van der Waals surface area contributed by atoms with Crippen molar-refractivity contribution in [1.29, 1.82) is 0 Å². The van der Waals surface area contributed by atoms with E-state index >= 15 is 0 Å². The Morgan fingerprint density at radius 1 is 1.18 bits per heavy atom. The van der Waals surface area contributed by atoms with Crippen molar-refractivity contribution in [3.05, 3.63) is 35.9 Å². The Balaban J connectivity index is 2.28. The second-order valence-corrected chi connectivity index (χ2v) is 2.41. The average Bonchev–Trinajstić information content (AvgIpc) is 2.07. The van der Waals surface area contributed by atoms with Crippen LogP contribution in [-0.4, -0.2) is 13.6 Å². The standard InChI is InChI=1S/C9H14N2/c1-10-11-8-7-9-5-3-2-4-6-9/h2-6,10-11H,7-8H2,1H3. The van der Waals surface area contributed by atoms with Gasteiger partial charge in [-0.2, -0.15) is 0 Å². The smallest absolute Gasteiger partial charge is 0.0140 e. The van der Waals surface area contributed by atoms with Gasteiger partial charge in [0.05, 0.1) is 0 Å². The summed E-state index contributed by atoms with van der Waals surface area (Å²) < 4.78 is 0. The quantitative estimate of drug-likeness (QED) is 0.493. The molecule has 1 aromatic rings. The van der Waals surface area contributed by atoms with Gasteiger partial charge in [-0.15, -0.1) is 0 Å². The van der Waals surface area contributed by atoms with Crippen molar-refractivity contribution in [2.24, 2.45) is 0 Å². The molecule has 0 aliphatic carbocycles. The number of rotatable bonds is 4. The molecule has 0 spiro atoms. The fraction of sp³-hybridized carbons (Fsp3) is 0.333. The second kappa shape index (κ2) is 4.88. The number of benzene rings is 1. The highest BCUT2D eigenvalue weighted by atomic mass is 15.3. The molecule has 1 aromatic carbocycles. The van der Waals surface area contributed by atoms with Gasteiger partial charge in [0.25, 0.3) is 0 Å². The third kappa shape index (κ3) is 3.16. The summed E-state index contributed by atoms with van der Waals surface area (Å²) in [7, 11) is 1.88. The lowest BCUT2D eigenvalue weighted by Crippen LogP contribution is -2.29. The Bertz CT molecular complexity index is 184. The molecule has 2 heteroatoms. The van der Waals surface area contributed by atoms with Gasteiger partial charge < -0.3 is 0 Å². The fourth-order valence-electron chi connectivity index (χ4n) is 0.977. The van der Waals surface area contributed by atoms with Gasteiger partial charge in [0, 0.05) is 6.54 Å². The molecular weight excluding hydrogens is 136 g/mol. The monoisotopic (exact) mass is 150 g/mol. The van der Waals surface area contributed by atoms with E-state index in [2.05, 4.69) is 35.1 Å². The Labute approximate surface area is 67.6 Å². The van der Waals surface area contributed by atoms with Gasteiger partial charge in [0.15, 0.2) is 0 Å². The van der Waals surface area contributed by atoms with Crippen molar-refractivity contribution in [1.82, 2.24) is 10.9 Å². The lowest BCUT2D eigenvalue weighted by Gasteiger charge is -2.01. The van der Waals surface area contributed by atoms with E-state index in [-0.39, 0.29) is 0 Å². The van der Waals surface area contributed by atoms with E-state index in [1.807, 2.05) is 13.1 Å². The van der Waals surface area contributed by atoms with Gasteiger partial charge in [0.1, 0.15) is 0 Å². The summed E-state index contributed by atoms with van der Waals surface area (Å²) in [6.07, 6.45) is 1.07. The van der Waals surface area contributed by atoms with Crippen LogP contribution < -0.4 is 10.9 Å². The van der Waals surface area contributed by atoms with E-state index in [4.69, 9.17) is 0 Å². The predicted molar refractivity (Wildman–Crippen MR) is 47.2 cm³/mol. The first-order chi connectivity index (χ1) is 5.43. The number of hydrogen-bond acceptors (Lipinski definition) is 2. The second-order valence-electron chi connectivity index (χ2n) is 2.41. The minimum Gasteiger partial charge on any atom is -0.261 e. The molecular formula is C9H14N2. The largest absolute Gasteiger partial charge is 0.261 e. The third-order valence-electron chi connectivity index (χ3n) is 1.56. The van der Waals surface area contributed by atoms with Crippen molar-refractivity contribution in [2.45, 2.75) is 6.42 Å². The van der Waals surface area contributed by atoms with E-state index in [9.17, 15) is 0 Å². The van der Waals surface area contributed by atoms with Gasteiger partial charge in [-0.1, -0.05) is 30.3 Å². The molecule has 1 rings (SSSR count). The molecule has 0 fully saturated rings. The maximum atomic E-state index is 3.05. The normalized spacial score (nSPS) is 9.91. The van der Waals surface area contributed by atoms with Crippen molar-refractivity contribution >= 4 is 0 Å². The van der Waals surface area contributed by atoms with Crippen LogP contribution in [-0.2, 0) is 6.42 Å². The SMILES string of the molecule is CNNCCc1ccccc1. The summed E-state index contributed by atoms with van der Waals surface area (Å²) in [6.45, 7) is 0.973. The van der Waals surface area contributed by atoms with Crippen LogP contribution in [0, 0.1) is 0 Å². The molecule has 0 aliphatic heterocycles. The van der Waals surface area contributed by atoms with Crippen molar-refractivity contribution in [3.8, 4) is 0 Å². The first-order valence-corrected chi connectivity index (χ1v) is 3.87. The molecule has 11 heavy (non-hydrogen) atoms. The molecule has 0 radical (unpaired) electrons. The first-order valence-electron chi connectivity index (χ1n) is 3.87. The number of nitrogens with one attached hydrogen (secondary N) is 2. The maximum absolute atomic E-state index is 3.05. The van der Waals surface area contributed by atoms with E-state index in [1.54, 1.807) is 0 Å². The summed E-state index contributed by atoms with van der Waals surface area (Å²) in [6, 6.07) is 10.4. The molecule has 0 unspecified atom stereocenters. The van der Waals surface area contributed by atoms with Crippen LogP contribution in [0.25, 0.3) is 0 Å². The summed E-state index contributed by atoms with van der Waals surface area (Å²) in [5.74, 6) is 0. The number of hydrogen-bond donors (Lipinski definition) is 2. The third-order valence-corrected chi connectivity index (χ3v) is 1.56. The van der Waals surface area contributed by atoms with Crippen LogP contribution in [0.2, 0.25) is 0 Å². The Morgan fingerprint density at radius 3 is 2.55 bits per heavy atom. The summed E-state index contributed by atoms with van der Waals surface area (Å²) in [5, 5.41) is 0. The highest BCUT2D eigenvalue weighted by Crippen LogP contribution is 1.97. The zero-order valence-corrected chi connectivity index (χ0v) is 6.80. The molecule has 2 N–H and O–H groups in total. The molecule has 0 aliphatic rings. The van der Waals surface area contributed by atoms with Crippen molar-refractivity contribution < 1.29 is 0 Å². The molecule has 0 saturated heterocycles. The van der Waals surface area contributed by atoms with Crippen LogP contribution in [0.15, 0.2) is 30.3 Å². The minimum absolute atomic E-state index is 0.973. The highest BCUT2D eigenvalue weighted by Gasteiger charge is 1.88. The summed E-state index contributed by atoms with van der Waals surface area (Å²) >= 11 is 0. The molecule has 0 atom stereocenters. The van der Waals surface area contributed by atoms with E-state index in [0.29, 0.717) is 0 Å². The molecule has 0 aromatic heterocycles. The molecule has 0 amide bonds. The van der Waals surface area contributed by atoms with Crippen molar-refractivity contribution in [2.75, 3.05) is 13.6 Å². The highest BCUT2D eigenvalue weighted by molar-refractivity contribution is 5.14. The summed E-state index contributed by atoms with van der Waals surface area (Å²) in [4.78, 5) is 0. The Morgan fingerprint density at radius 2 is 1.91 bits per heavy atom. The molecule has 60 valence electrons. The van der Waals surface area contributed by atoms with Crippen LogP contribution >= 0.6 is 0 Å². The molecule has 0 bridgehead atoms. The first kappa shape index (κ1) is 8.24. The van der Waals surface area contributed by atoms with Crippen LogP contribution in [0.1, 0.15) is 5.56 Å². The van der Waals surface area contributed by atoms with Gasteiger partial charge in [-0.05, 0) is 19.0 Å². The predicted octanol–water partition coefficient (Wildman–Crippen LogP) is 0.953. The van der Waals surface area contributed by atoms with Gasteiger partial charge in [-0.3, -0.25) is 10.9 Å². The Hall–Kier alpha value is -0.860. The topological polar surface area (TPSA) is 24.1 Å². The van der Waals surface area contributed by atoms with Gasteiger partial charge in [-0.25, -0.2) is 0 Å². The lowest BCUT2D eigenvalue weighted by molar-refractivity contribution is 0.597. The van der Waals surface area contributed by atoms with Gasteiger partial charge in [0.2, 0.25) is 0 Å². The lowest BCUT2D eigenvalue weighted by atomic mass is 10.2. The fourth-order valence-corrected chi connectivity index (χ4v) is 0.977. The van der Waals surface area contributed by atoms with Crippen LogP contribution in [0.4, 0.5) is 0 Å². The molecule has 2 nitrogen and oxygen atoms in total. The average molecular weight is 150 g/mol. The van der Waals surface area contributed by atoms with Crippen LogP contribution in [0.3, 0.4) is 0 Å². The van der Waals surface area contributed by atoms with E-state index in [0.717, 1.165) is 13.0 Å². The van der Waals surface area contributed by atoms with Crippen LogP contribution in [0.5, 0.6) is 0 Å². The number of hydrazine groups is 1. The van der Waals surface area contributed by atoms with E-state index in [1.165, 1.54) is 5.56 Å². The minimum atomic E-state index is 0.973. The zero-order valence-electron chi connectivity index (χ0n) is 6.80. The molecule has 0 saturated carbocycles. The van der Waals surface area contributed by atoms with Crippen molar-refractivity contribution in [3.63, 3.8) is 0 Å². The zero-order chi connectivity index (χ0) is 7.94. The maximum Gasteiger partial charge on any atom is 0.0140 e.